The molecule has 3 aromatic rings. The first-order chi connectivity index (χ1) is 25.7. The van der Waals surface area contributed by atoms with E-state index in [9.17, 15) is 24.3 Å². The number of amides is 3. The molecule has 13 heteroatoms. The highest BCUT2D eigenvalue weighted by Gasteiger charge is 2.75. The zero-order valence-corrected chi connectivity index (χ0v) is 30.3. The molecule has 3 amide bonds. The number of benzene rings is 2. The van der Waals surface area contributed by atoms with Crippen LogP contribution in [0.5, 0.6) is 0 Å². The molecule has 3 aliphatic heterocycles. The van der Waals surface area contributed by atoms with E-state index in [2.05, 4.69) is 28.8 Å². The number of hydrogen-bond donors (Lipinski definition) is 2. The smallest absolute Gasteiger partial charge is 0.313 e. The molecule has 1 spiro atoms. The van der Waals surface area contributed by atoms with Crippen molar-refractivity contribution in [2.75, 3.05) is 19.7 Å². The van der Waals surface area contributed by atoms with Gasteiger partial charge in [0.25, 0.3) is 0 Å². The van der Waals surface area contributed by atoms with Gasteiger partial charge in [0, 0.05) is 26.1 Å². The lowest BCUT2D eigenvalue weighted by Gasteiger charge is -2.36. The molecule has 6 rings (SSSR count). The Morgan fingerprint density at radius 3 is 2.60 bits per heavy atom. The first-order valence-corrected chi connectivity index (χ1v) is 18.7. The number of hydrogen-bond acceptors (Lipinski definition) is 9. The number of likely N-dealkylation sites (tertiary alicyclic amines) is 1. The largest absolute Gasteiger partial charge is 0.455 e. The van der Waals surface area contributed by atoms with Crippen LogP contribution in [0.4, 0.5) is 0 Å². The van der Waals surface area contributed by atoms with Crippen LogP contribution in [0.3, 0.4) is 0 Å². The second-order valence-electron chi connectivity index (χ2n) is 14.2. The van der Waals surface area contributed by atoms with Gasteiger partial charge in [0.2, 0.25) is 17.7 Å². The van der Waals surface area contributed by atoms with Crippen LogP contribution in [-0.4, -0.2) is 97.1 Å². The molecule has 0 saturated carbocycles. The van der Waals surface area contributed by atoms with Gasteiger partial charge in [-0.3, -0.25) is 19.2 Å². The molecule has 4 heterocycles. The van der Waals surface area contributed by atoms with Crippen LogP contribution in [0.25, 0.3) is 11.0 Å². The summed E-state index contributed by atoms with van der Waals surface area (Å²) < 4.78 is 14.6. The lowest BCUT2D eigenvalue weighted by molar-refractivity contribution is -0.162. The summed E-state index contributed by atoms with van der Waals surface area (Å²) in [4.78, 5) is 59.8. The van der Waals surface area contributed by atoms with Crippen LogP contribution in [-0.2, 0) is 35.3 Å². The van der Waals surface area contributed by atoms with Crippen molar-refractivity contribution in [3.05, 3.63) is 85.5 Å². The average Bonchev–Trinajstić information content (AvgIpc) is 3.92. The minimum Gasteiger partial charge on any atom is -0.455 e. The predicted octanol–water partition coefficient (Wildman–Crippen LogP) is 4.09. The number of unbranched alkanes of at least 4 members (excludes halogenated alkanes) is 3. The Morgan fingerprint density at radius 2 is 1.85 bits per heavy atom. The summed E-state index contributed by atoms with van der Waals surface area (Å²) in [5.74, 6) is -3.27. The lowest BCUT2D eigenvalue weighted by atomic mass is 9.70. The molecule has 2 N–H and O–H groups in total. The Morgan fingerprint density at radius 1 is 1.09 bits per heavy atom. The zero-order chi connectivity index (χ0) is 37.5. The highest BCUT2D eigenvalue weighted by Crippen LogP contribution is 2.59. The summed E-state index contributed by atoms with van der Waals surface area (Å²) in [5, 5.41) is 20.8. The minimum absolute atomic E-state index is 0.0746. The minimum atomic E-state index is -1.23. The third-order valence-electron chi connectivity index (χ3n) is 10.8. The van der Waals surface area contributed by atoms with Crippen molar-refractivity contribution in [1.82, 2.24) is 30.1 Å². The number of carbonyl (C=O) groups is 4. The molecule has 13 nitrogen and oxygen atoms in total. The van der Waals surface area contributed by atoms with Gasteiger partial charge in [-0.05, 0) is 56.7 Å². The molecule has 1 aromatic heterocycles. The molecule has 2 bridgehead atoms. The number of fused-ring (bicyclic) bond motifs is 2. The van der Waals surface area contributed by atoms with Gasteiger partial charge in [0.1, 0.15) is 29.9 Å². The third-order valence-corrected chi connectivity index (χ3v) is 10.8. The van der Waals surface area contributed by atoms with E-state index in [1.165, 1.54) is 0 Å². The maximum atomic E-state index is 14.9. The van der Waals surface area contributed by atoms with Gasteiger partial charge < -0.3 is 29.7 Å². The van der Waals surface area contributed by atoms with Crippen molar-refractivity contribution in [2.45, 2.75) is 94.9 Å². The Balaban J connectivity index is 1.29. The van der Waals surface area contributed by atoms with Crippen LogP contribution in [0.15, 0.2) is 79.9 Å². The highest BCUT2D eigenvalue weighted by atomic mass is 16.6. The summed E-state index contributed by atoms with van der Waals surface area (Å²) in [7, 11) is 0. The Bertz CT molecular complexity index is 1800. The molecule has 0 unspecified atom stereocenters. The summed E-state index contributed by atoms with van der Waals surface area (Å²) in [6.45, 7) is 10.0. The molecular weight excluding hydrogens is 676 g/mol. The van der Waals surface area contributed by atoms with E-state index >= 15 is 0 Å². The normalized spacial score (nSPS) is 24.1. The monoisotopic (exact) mass is 726 g/mol. The predicted molar refractivity (Wildman–Crippen MR) is 197 cm³/mol. The number of nitrogens with one attached hydrogen (secondary N) is 1. The van der Waals surface area contributed by atoms with Gasteiger partial charge in [-0.15, -0.1) is 18.3 Å². The number of carbonyl (C=O) groups excluding carboxylic acids is 4. The van der Waals surface area contributed by atoms with Crippen molar-refractivity contribution >= 4 is 34.7 Å². The summed E-state index contributed by atoms with van der Waals surface area (Å²) >= 11 is 0. The third kappa shape index (κ3) is 7.63. The zero-order valence-electron chi connectivity index (χ0n) is 30.3. The van der Waals surface area contributed by atoms with E-state index < -0.39 is 47.7 Å². The van der Waals surface area contributed by atoms with Crippen LogP contribution in [0.2, 0.25) is 0 Å². The number of rotatable bonds is 19. The van der Waals surface area contributed by atoms with Gasteiger partial charge in [-0.2, -0.15) is 0 Å². The number of aliphatic hydroxyl groups is 1. The molecule has 0 aliphatic carbocycles. The molecule has 53 heavy (non-hydrogen) atoms. The van der Waals surface area contributed by atoms with E-state index in [0.717, 1.165) is 18.4 Å². The fourth-order valence-corrected chi connectivity index (χ4v) is 8.36. The van der Waals surface area contributed by atoms with Crippen molar-refractivity contribution in [3.63, 3.8) is 0 Å². The van der Waals surface area contributed by atoms with Crippen molar-refractivity contribution in [2.24, 2.45) is 11.8 Å². The molecule has 3 saturated heterocycles. The number of ether oxygens (including phenoxy) is 2. The van der Waals surface area contributed by atoms with E-state index in [1.54, 1.807) is 33.6 Å². The summed E-state index contributed by atoms with van der Waals surface area (Å²) in [5.41, 5.74) is 0.918. The van der Waals surface area contributed by atoms with Crippen molar-refractivity contribution in [3.8, 4) is 0 Å². The summed E-state index contributed by atoms with van der Waals surface area (Å²) in [6.07, 6.45) is 6.35. The number of aromatic nitrogens is 3. The topological polar surface area (TPSA) is 156 Å². The number of esters is 1. The molecule has 3 fully saturated rings. The fraction of sp³-hybridized carbons (Fsp3) is 0.500. The second kappa shape index (κ2) is 16.9. The highest BCUT2D eigenvalue weighted by molar-refractivity contribution is 5.98. The lowest BCUT2D eigenvalue weighted by Crippen LogP contribution is -2.56. The van der Waals surface area contributed by atoms with E-state index in [4.69, 9.17) is 9.47 Å². The van der Waals surface area contributed by atoms with E-state index in [1.807, 2.05) is 54.6 Å². The van der Waals surface area contributed by atoms with Gasteiger partial charge in [0.15, 0.2) is 0 Å². The molecule has 2 aromatic carbocycles. The average molecular weight is 727 g/mol. The number of allylic oxidation sites excluding steroid dienone is 1. The van der Waals surface area contributed by atoms with Gasteiger partial charge in [-0.1, -0.05) is 72.7 Å². The molecule has 282 valence electrons. The first kappa shape index (κ1) is 37.9. The van der Waals surface area contributed by atoms with Crippen LogP contribution in [0.1, 0.15) is 70.0 Å². The molecular formula is C40H50N6O7. The quantitative estimate of drug-likeness (QED) is 0.106. The maximum Gasteiger partial charge on any atom is 0.313 e. The van der Waals surface area contributed by atoms with Gasteiger partial charge in [0.05, 0.1) is 29.5 Å². The standard InChI is InChI=1S/C40H50N6O7/c1-4-6-20-32(48)41-27(3)35(28-16-10-9-11-17-28)52-39(51)33-31-21-22-40(53-31)34(33)37(49)45(24-14-7-8-15-25-47)36(40)38(50)44(23-5-2)26-46-30-19-13-12-18-29(30)42-43-46/h4-5,9-13,16-19,27,31,33-36,47H,1-2,6-8,14-15,20-26H2,3H3,(H,41,48)/t27-,31+,33-,34-,35-,36+,40-/m0/s1. The van der Waals surface area contributed by atoms with Crippen molar-refractivity contribution in [1.29, 1.82) is 0 Å². The maximum absolute atomic E-state index is 14.9. The second-order valence-corrected chi connectivity index (χ2v) is 14.2. The number of aliphatic hydroxyl groups excluding tert-OH is 1. The Kier molecular flexibility index (Phi) is 12.0. The first-order valence-electron chi connectivity index (χ1n) is 18.7. The van der Waals surface area contributed by atoms with Gasteiger partial charge >= 0.3 is 5.97 Å². The van der Waals surface area contributed by atoms with Gasteiger partial charge in [-0.25, -0.2) is 4.68 Å². The van der Waals surface area contributed by atoms with Crippen LogP contribution >= 0.6 is 0 Å². The molecule has 0 radical (unpaired) electrons. The SMILES string of the molecule is C=CCCC(=O)N[C@@H](C)[C@H](OC(=O)[C@@H]1[C@H]2C(=O)N(CCCCCCO)[C@H](C(=O)N(CC=C)Cn3nnc4ccccc43)[C@]23CC[C@H]1O3)c1ccccc1. The van der Waals surface area contributed by atoms with E-state index in [0.29, 0.717) is 49.7 Å². The number of para-hydroxylation sites is 1. The number of nitrogens with zero attached hydrogens (tertiary/aromatic N) is 5. The molecule has 3 aliphatic rings. The fourth-order valence-electron chi connectivity index (χ4n) is 8.36. The van der Waals surface area contributed by atoms with E-state index in [-0.39, 0.29) is 44.0 Å². The van der Waals surface area contributed by atoms with Crippen LogP contribution < -0.4 is 5.32 Å². The van der Waals surface area contributed by atoms with Crippen molar-refractivity contribution < 1.29 is 33.8 Å². The van der Waals surface area contributed by atoms with Crippen LogP contribution in [0, 0.1) is 11.8 Å². The molecule has 7 atom stereocenters. The Labute approximate surface area is 310 Å². The Hall–Kier alpha value is -4.88. The summed E-state index contributed by atoms with van der Waals surface area (Å²) in [6, 6.07) is 15.1.